The predicted octanol–water partition coefficient (Wildman–Crippen LogP) is 2.69. The van der Waals surface area contributed by atoms with Gasteiger partial charge in [0.2, 0.25) is 0 Å². The van der Waals surface area contributed by atoms with E-state index in [4.69, 9.17) is 9.68 Å². The van der Waals surface area contributed by atoms with Crippen molar-refractivity contribution in [2.45, 2.75) is 24.8 Å². The molecule has 0 aliphatic heterocycles. The maximum atomic E-state index is 9.12. The van der Waals surface area contributed by atoms with Crippen LogP contribution in [0.1, 0.15) is 19.3 Å². The van der Waals surface area contributed by atoms with Crippen molar-refractivity contribution >= 4 is 16.8 Å². The first-order valence-corrected chi connectivity index (χ1v) is 5.34. The molecular weight excluding hydrogens is 202 g/mol. The van der Waals surface area contributed by atoms with Gasteiger partial charge in [-0.1, -0.05) is 0 Å². The number of anilines is 1. The maximum absolute atomic E-state index is 9.12. The summed E-state index contributed by atoms with van der Waals surface area (Å²) in [4.78, 5) is 4.05. The molecule has 0 amide bonds. The van der Waals surface area contributed by atoms with Gasteiger partial charge in [-0.2, -0.15) is 5.26 Å². The van der Waals surface area contributed by atoms with Crippen LogP contribution in [0.3, 0.4) is 0 Å². The summed E-state index contributed by atoms with van der Waals surface area (Å²) in [5.41, 5.74) is 2.14. The van der Waals surface area contributed by atoms with Crippen molar-refractivity contribution in [1.29, 1.82) is 5.26 Å². The number of nitrogens with one attached hydrogen (secondary N) is 1. The van der Waals surface area contributed by atoms with Crippen LogP contribution in [0.2, 0.25) is 0 Å². The molecule has 1 aliphatic rings. The average molecular weight is 213 g/mol. The van der Waals surface area contributed by atoms with Gasteiger partial charge in [0.05, 0.1) is 6.07 Å². The third kappa shape index (κ3) is 1.33. The lowest BCUT2D eigenvalue weighted by molar-refractivity contribution is 0.356. The van der Waals surface area contributed by atoms with Gasteiger partial charge in [0, 0.05) is 11.8 Å². The second kappa shape index (κ2) is 3.24. The van der Waals surface area contributed by atoms with E-state index >= 15 is 0 Å². The van der Waals surface area contributed by atoms with Gasteiger partial charge in [0.15, 0.2) is 12.0 Å². The van der Waals surface area contributed by atoms with Gasteiger partial charge >= 0.3 is 0 Å². The van der Waals surface area contributed by atoms with E-state index in [1.807, 2.05) is 18.2 Å². The Morgan fingerprint density at radius 1 is 1.44 bits per heavy atom. The van der Waals surface area contributed by atoms with E-state index in [1.54, 1.807) is 0 Å². The Kier molecular flexibility index (Phi) is 1.87. The molecule has 0 bridgehead atoms. The zero-order chi connectivity index (χ0) is 11.0. The van der Waals surface area contributed by atoms with E-state index < -0.39 is 0 Å². The third-order valence-electron chi connectivity index (χ3n) is 3.14. The Balaban J connectivity index is 1.92. The fraction of sp³-hybridized carbons (Fsp3) is 0.333. The van der Waals surface area contributed by atoms with Crippen molar-refractivity contribution in [2.75, 3.05) is 5.32 Å². The molecule has 3 rings (SSSR count). The van der Waals surface area contributed by atoms with Crippen LogP contribution in [0.15, 0.2) is 29.0 Å². The van der Waals surface area contributed by atoms with Gasteiger partial charge in [0.25, 0.3) is 0 Å². The number of oxazole rings is 1. The van der Waals surface area contributed by atoms with E-state index in [0.717, 1.165) is 36.0 Å². The molecule has 0 atom stereocenters. The first-order chi connectivity index (χ1) is 7.81. The van der Waals surface area contributed by atoms with Crippen molar-refractivity contribution in [3.63, 3.8) is 0 Å². The second-order valence-electron chi connectivity index (χ2n) is 4.21. The quantitative estimate of drug-likeness (QED) is 0.833. The lowest BCUT2D eigenvalue weighted by Gasteiger charge is -2.36. The zero-order valence-electron chi connectivity index (χ0n) is 8.73. The fourth-order valence-electron chi connectivity index (χ4n) is 2.00. The summed E-state index contributed by atoms with van der Waals surface area (Å²) in [6, 6.07) is 8.06. The minimum atomic E-state index is -0.367. The SMILES string of the molecule is N#CC1(Nc2ccc3ncoc3c2)CCC1. The van der Waals surface area contributed by atoms with Crippen LogP contribution in [0.5, 0.6) is 0 Å². The highest BCUT2D eigenvalue weighted by molar-refractivity contribution is 5.77. The van der Waals surface area contributed by atoms with Gasteiger partial charge in [-0.05, 0) is 31.4 Å². The smallest absolute Gasteiger partial charge is 0.181 e. The third-order valence-corrected chi connectivity index (χ3v) is 3.14. The standard InChI is InChI=1S/C12H11N3O/c13-7-12(4-1-5-12)15-9-2-3-10-11(6-9)16-8-14-10/h2-3,6,8,15H,1,4-5H2. The highest BCUT2D eigenvalue weighted by atomic mass is 16.3. The molecular formula is C12H11N3O. The number of hydrogen-bond acceptors (Lipinski definition) is 4. The Labute approximate surface area is 92.9 Å². The average Bonchev–Trinajstić information content (AvgIpc) is 2.70. The van der Waals surface area contributed by atoms with Crippen molar-refractivity contribution in [3.05, 3.63) is 24.6 Å². The molecule has 1 heterocycles. The predicted molar refractivity (Wildman–Crippen MR) is 59.8 cm³/mol. The molecule has 0 spiro atoms. The minimum Gasteiger partial charge on any atom is -0.443 e. The molecule has 1 saturated carbocycles. The Morgan fingerprint density at radius 2 is 2.31 bits per heavy atom. The number of nitrogens with zero attached hydrogens (tertiary/aromatic N) is 2. The van der Waals surface area contributed by atoms with Gasteiger partial charge in [-0.15, -0.1) is 0 Å². The molecule has 4 nitrogen and oxygen atoms in total. The lowest BCUT2D eigenvalue weighted by atomic mass is 9.78. The van der Waals surface area contributed by atoms with E-state index in [-0.39, 0.29) is 5.54 Å². The highest BCUT2D eigenvalue weighted by Gasteiger charge is 2.37. The maximum Gasteiger partial charge on any atom is 0.181 e. The van der Waals surface area contributed by atoms with E-state index in [0.29, 0.717) is 0 Å². The van der Waals surface area contributed by atoms with Gasteiger partial charge < -0.3 is 9.73 Å². The second-order valence-corrected chi connectivity index (χ2v) is 4.21. The van der Waals surface area contributed by atoms with Gasteiger partial charge in [0.1, 0.15) is 11.1 Å². The van der Waals surface area contributed by atoms with Gasteiger partial charge in [-0.25, -0.2) is 4.98 Å². The summed E-state index contributed by atoms with van der Waals surface area (Å²) in [5.74, 6) is 0. The molecule has 1 N–H and O–H groups in total. The minimum absolute atomic E-state index is 0.367. The Hall–Kier alpha value is -2.02. The van der Waals surface area contributed by atoms with Crippen molar-refractivity contribution in [1.82, 2.24) is 4.98 Å². The van der Waals surface area contributed by atoms with Crippen molar-refractivity contribution in [3.8, 4) is 6.07 Å². The number of nitriles is 1. The Morgan fingerprint density at radius 3 is 3.00 bits per heavy atom. The van der Waals surface area contributed by atoms with E-state index in [1.165, 1.54) is 6.39 Å². The molecule has 80 valence electrons. The van der Waals surface area contributed by atoms with Crippen LogP contribution >= 0.6 is 0 Å². The van der Waals surface area contributed by atoms with Gasteiger partial charge in [-0.3, -0.25) is 0 Å². The van der Waals surface area contributed by atoms with E-state index in [9.17, 15) is 0 Å². The Bertz CT molecular complexity index is 563. The van der Waals surface area contributed by atoms with Crippen LogP contribution in [-0.4, -0.2) is 10.5 Å². The summed E-state index contributed by atoms with van der Waals surface area (Å²) in [6.07, 6.45) is 4.37. The molecule has 1 aromatic carbocycles. The molecule has 0 saturated heterocycles. The van der Waals surface area contributed by atoms with E-state index in [2.05, 4.69) is 16.4 Å². The molecule has 1 fully saturated rings. The number of aromatic nitrogens is 1. The molecule has 1 aliphatic carbocycles. The summed E-state index contributed by atoms with van der Waals surface area (Å²) in [5, 5.41) is 12.4. The summed E-state index contributed by atoms with van der Waals surface area (Å²) in [6.45, 7) is 0. The zero-order valence-corrected chi connectivity index (χ0v) is 8.73. The lowest BCUT2D eigenvalue weighted by Crippen LogP contribution is -2.43. The monoisotopic (exact) mass is 213 g/mol. The summed E-state index contributed by atoms with van der Waals surface area (Å²) in [7, 11) is 0. The normalized spacial score (nSPS) is 17.7. The van der Waals surface area contributed by atoms with Crippen LogP contribution in [-0.2, 0) is 0 Å². The molecule has 4 heteroatoms. The molecule has 16 heavy (non-hydrogen) atoms. The van der Waals surface area contributed by atoms with Crippen molar-refractivity contribution in [2.24, 2.45) is 0 Å². The molecule has 1 aromatic heterocycles. The van der Waals surface area contributed by atoms with Crippen LogP contribution < -0.4 is 5.32 Å². The number of hydrogen-bond donors (Lipinski definition) is 1. The topological polar surface area (TPSA) is 61.9 Å². The first kappa shape index (κ1) is 9.22. The number of rotatable bonds is 2. The summed E-state index contributed by atoms with van der Waals surface area (Å²) >= 11 is 0. The highest BCUT2D eigenvalue weighted by Crippen LogP contribution is 2.35. The fourth-order valence-corrected chi connectivity index (χ4v) is 2.00. The first-order valence-electron chi connectivity index (χ1n) is 5.34. The van der Waals surface area contributed by atoms with Crippen LogP contribution in [0, 0.1) is 11.3 Å². The summed E-state index contributed by atoms with van der Waals surface area (Å²) < 4.78 is 5.22. The largest absolute Gasteiger partial charge is 0.443 e. The number of fused-ring (bicyclic) bond motifs is 1. The molecule has 0 unspecified atom stereocenters. The van der Waals surface area contributed by atoms with Crippen LogP contribution in [0.4, 0.5) is 5.69 Å². The molecule has 2 aromatic rings. The van der Waals surface area contributed by atoms with Crippen LogP contribution in [0.25, 0.3) is 11.1 Å². The molecule has 0 radical (unpaired) electrons. The number of benzene rings is 1. The van der Waals surface area contributed by atoms with Crippen molar-refractivity contribution < 1.29 is 4.42 Å².